The van der Waals surface area contributed by atoms with E-state index in [1.54, 1.807) is 12.1 Å². The Morgan fingerprint density at radius 1 is 1.47 bits per heavy atom. The van der Waals surface area contributed by atoms with E-state index in [1.807, 2.05) is 12.1 Å². The number of nitrogens with one attached hydrogen (secondary N) is 1. The molecule has 2 rings (SSSR count). The first-order valence-corrected chi connectivity index (χ1v) is 7.21. The Kier molecular flexibility index (Phi) is 4.53. The average Bonchev–Trinajstić information content (AvgIpc) is 3.22. The van der Waals surface area contributed by atoms with Crippen molar-refractivity contribution in [3.8, 4) is 0 Å². The SMILES string of the molecule is CCC(CC1CC1)NC(=O)c1cccc(C(N)=S)c1. The van der Waals surface area contributed by atoms with Gasteiger partial charge in [0.2, 0.25) is 0 Å². The molecule has 0 radical (unpaired) electrons. The zero-order valence-electron chi connectivity index (χ0n) is 11.2. The molecule has 1 aromatic carbocycles. The van der Waals surface area contributed by atoms with Crippen molar-refractivity contribution in [3.05, 3.63) is 35.4 Å². The first-order valence-electron chi connectivity index (χ1n) is 6.81. The molecule has 1 aromatic rings. The predicted octanol–water partition coefficient (Wildman–Crippen LogP) is 2.63. The van der Waals surface area contributed by atoms with Crippen molar-refractivity contribution in [2.24, 2.45) is 11.7 Å². The van der Waals surface area contributed by atoms with Crippen molar-refractivity contribution in [1.82, 2.24) is 5.32 Å². The fraction of sp³-hybridized carbons (Fsp3) is 0.467. The lowest BCUT2D eigenvalue weighted by Crippen LogP contribution is -2.34. The Balaban J connectivity index is 2.01. The van der Waals surface area contributed by atoms with Gasteiger partial charge in [-0.3, -0.25) is 4.79 Å². The molecular weight excluding hydrogens is 256 g/mol. The summed E-state index contributed by atoms with van der Waals surface area (Å²) >= 11 is 4.93. The van der Waals surface area contributed by atoms with Crippen molar-refractivity contribution in [1.29, 1.82) is 0 Å². The van der Waals surface area contributed by atoms with E-state index >= 15 is 0 Å². The molecular formula is C15H20N2OS. The van der Waals surface area contributed by atoms with Gasteiger partial charge in [0, 0.05) is 17.2 Å². The Bertz CT molecular complexity index is 483. The smallest absolute Gasteiger partial charge is 0.251 e. The second-order valence-electron chi connectivity index (χ2n) is 5.20. The molecule has 3 N–H and O–H groups in total. The van der Waals surface area contributed by atoms with Gasteiger partial charge in [-0.15, -0.1) is 0 Å². The summed E-state index contributed by atoms with van der Waals surface area (Å²) in [6.07, 6.45) is 4.68. The third-order valence-corrected chi connectivity index (χ3v) is 3.79. The second kappa shape index (κ2) is 6.15. The van der Waals surface area contributed by atoms with Gasteiger partial charge in [-0.1, -0.05) is 44.1 Å². The number of nitrogens with two attached hydrogens (primary N) is 1. The van der Waals surface area contributed by atoms with Crippen LogP contribution < -0.4 is 11.1 Å². The summed E-state index contributed by atoms with van der Waals surface area (Å²) in [5.41, 5.74) is 6.94. The number of carbonyl (C=O) groups excluding carboxylic acids is 1. The molecule has 19 heavy (non-hydrogen) atoms. The van der Waals surface area contributed by atoms with Crippen LogP contribution in [0, 0.1) is 5.92 Å². The van der Waals surface area contributed by atoms with Crippen molar-refractivity contribution in [3.63, 3.8) is 0 Å². The number of hydrogen-bond acceptors (Lipinski definition) is 2. The van der Waals surface area contributed by atoms with Gasteiger partial charge >= 0.3 is 0 Å². The zero-order valence-corrected chi connectivity index (χ0v) is 12.0. The summed E-state index contributed by atoms with van der Waals surface area (Å²) in [7, 11) is 0. The highest BCUT2D eigenvalue weighted by Gasteiger charge is 2.25. The van der Waals surface area contributed by atoms with Crippen LogP contribution in [0.15, 0.2) is 24.3 Å². The van der Waals surface area contributed by atoms with Crippen molar-refractivity contribution in [2.45, 2.75) is 38.6 Å². The second-order valence-corrected chi connectivity index (χ2v) is 5.64. The summed E-state index contributed by atoms with van der Waals surface area (Å²) in [5.74, 6) is 0.777. The summed E-state index contributed by atoms with van der Waals surface area (Å²) in [4.78, 5) is 12.5. The van der Waals surface area contributed by atoms with Gasteiger partial charge in [0.15, 0.2) is 0 Å². The minimum Gasteiger partial charge on any atom is -0.389 e. The van der Waals surface area contributed by atoms with Crippen LogP contribution in [0.3, 0.4) is 0 Å². The normalized spacial score (nSPS) is 15.8. The van der Waals surface area contributed by atoms with Gasteiger partial charge in [0.05, 0.1) is 0 Å². The number of amides is 1. The van der Waals surface area contributed by atoms with Crippen LogP contribution in [0.25, 0.3) is 0 Å². The van der Waals surface area contributed by atoms with E-state index in [0.29, 0.717) is 10.6 Å². The Morgan fingerprint density at radius 3 is 2.74 bits per heavy atom. The molecule has 1 atom stereocenters. The summed E-state index contributed by atoms with van der Waals surface area (Å²) in [6, 6.07) is 7.45. The topological polar surface area (TPSA) is 55.1 Å². The lowest BCUT2D eigenvalue weighted by atomic mass is 10.1. The number of hydrogen-bond donors (Lipinski definition) is 2. The molecule has 4 heteroatoms. The quantitative estimate of drug-likeness (QED) is 0.785. The molecule has 0 heterocycles. The van der Waals surface area contributed by atoms with Crippen LogP contribution in [0.1, 0.15) is 48.5 Å². The molecule has 0 saturated heterocycles. The molecule has 1 aliphatic rings. The molecule has 1 unspecified atom stereocenters. The Morgan fingerprint density at radius 2 is 2.16 bits per heavy atom. The molecule has 1 aliphatic carbocycles. The van der Waals surface area contributed by atoms with E-state index in [-0.39, 0.29) is 11.9 Å². The fourth-order valence-electron chi connectivity index (χ4n) is 2.17. The van der Waals surface area contributed by atoms with E-state index in [9.17, 15) is 4.79 Å². The molecule has 0 bridgehead atoms. The summed E-state index contributed by atoms with van der Waals surface area (Å²) < 4.78 is 0. The zero-order chi connectivity index (χ0) is 13.8. The minimum atomic E-state index is -0.0365. The molecule has 0 aliphatic heterocycles. The fourth-order valence-corrected chi connectivity index (χ4v) is 2.29. The van der Waals surface area contributed by atoms with Crippen LogP contribution in [-0.4, -0.2) is 16.9 Å². The third kappa shape index (κ3) is 4.03. The van der Waals surface area contributed by atoms with E-state index in [1.165, 1.54) is 12.8 Å². The lowest BCUT2D eigenvalue weighted by Gasteiger charge is -2.16. The van der Waals surface area contributed by atoms with Gasteiger partial charge in [0.1, 0.15) is 4.99 Å². The van der Waals surface area contributed by atoms with Crippen LogP contribution in [0.4, 0.5) is 0 Å². The molecule has 0 spiro atoms. The molecule has 0 aromatic heterocycles. The molecule has 102 valence electrons. The summed E-state index contributed by atoms with van der Waals surface area (Å²) in [5, 5.41) is 3.10. The first-order chi connectivity index (χ1) is 9.10. The highest BCUT2D eigenvalue weighted by Crippen LogP contribution is 2.34. The van der Waals surface area contributed by atoms with E-state index in [0.717, 1.165) is 24.3 Å². The maximum Gasteiger partial charge on any atom is 0.251 e. The van der Waals surface area contributed by atoms with E-state index < -0.39 is 0 Å². The monoisotopic (exact) mass is 276 g/mol. The van der Waals surface area contributed by atoms with Crippen molar-refractivity contribution < 1.29 is 4.79 Å². The molecule has 3 nitrogen and oxygen atoms in total. The van der Waals surface area contributed by atoms with E-state index in [4.69, 9.17) is 18.0 Å². The van der Waals surface area contributed by atoms with Crippen molar-refractivity contribution in [2.75, 3.05) is 0 Å². The highest BCUT2D eigenvalue weighted by molar-refractivity contribution is 7.80. The van der Waals surface area contributed by atoms with Gasteiger partial charge in [-0.2, -0.15) is 0 Å². The van der Waals surface area contributed by atoms with Crippen LogP contribution in [0.2, 0.25) is 0 Å². The predicted molar refractivity (Wildman–Crippen MR) is 81.2 cm³/mol. The van der Waals surface area contributed by atoms with Gasteiger partial charge in [0.25, 0.3) is 5.91 Å². The van der Waals surface area contributed by atoms with Gasteiger partial charge in [-0.25, -0.2) is 0 Å². The first kappa shape index (κ1) is 14.0. The molecule has 1 fully saturated rings. The lowest BCUT2D eigenvalue weighted by molar-refractivity contribution is 0.0932. The number of carbonyl (C=O) groups is 1. The molecule has 1 saturated carbocycles. The minimum absolute atomic E-state index is 0.0365. The van der Waals surface area contributed by atoms with Crippen molar-refractivity contribution >= 4 is 23.1 Å². The van der Waals surface area contributed by atoms with Crippen LogP contribution in [0.5, 0.6) is 0 Å². The molecule has 1 amide bonds. The average molecular weight is 276 g/mol. The van der Waals surface area contributed by atoms with Gasteiger partial charge in [-0.05, 0) is 30.9 Å². The maximum atomic E-state index is 12.2. The summed E-state index contributed by atoms with van der Waals surface area (Å²) in [6.45, 7) is 2.11. The number of benzene rings is 1. The number of rotatable bonds is 6. The van der Waals surface area contributed by atoms with Gasteiger partial charge < -0.3 is 11.1 Å². The Hall–Kier alpha value is -1.42. The number of thiocarbonyl (C=S) groups is 1. The standard InChI is InChI=1S/C15H20N2OS/c1-2-13(8-10-6-7-10)17-15(18)12-5-3-4-11(9-12)14(16)19/h3-5,9-10,13H,2,6-8H2,1H3,(H2,16,19)(H,17,18). The maximum absolute atomic E-state index is 12.2. The largest absolute Gasteiger partial charge is 0.389 e. The van der Waals surface area contributed by atoms with Crippen LogP contribution >= 0.6 is 12.2 Å². The van der Waals surface area contributed by atoms with E-state index in [2.05, 4.69) is 12.2 Å². The Labute approximate surface area is 119 Å². The highest BCUT2D eigenvalue weighted by atomic mass is 32.1. The third-order valence-electron chi connectivity index (χ3n) is 3.55. The van der Waals surface area contributed by atoms with Crippen LogP contribution in [-0.2, 0) is 0 Å².